The van der Waals surface area contributed by atoms with Gasteiger partial charge in [-0.1, -0.05) is 0 Å². The molecule has 7 heteroatoms. The quantitative estimate of drug-likeness (QED) is 0.769. The molecule has 2 aliphatic rings. The van der Waals surface area contributed by atoms with Crippen LogP contribution in [0.5, 0.6) is 0 Å². The second-order valence-electron chi connectivity index (χ2n) is 7.33. The van der Waals surface area contributed by atoms with Gasteiger partial charge in [-0.2, -0.15) is 0 Å². The van der Waals surface area contributed by atoms with E-state index in [1.165, 1.54) is 0 Å². The molecule has 0 aromatic carbocycles. The Labute approximate surface area is 156 Å². The number of nitrogens with zero attached hydrogens (tertiary/aromatic N) is 4. The molecule has 3 heterocycles. The van der Waals surface area contributed by atoms with Crippen molar-refractivity contribution in [3.8, 4) is 0 Å². The maximum absolute atomic E-state index is 12.4. The molecule has 1 aromatic rings. The Morgan fingerprint density at radius 1 is 1.31 bits per heavy atom. The van der Waals surface area contributed by atoms with E-state index in [0.717, 1.165) is 63.5 Å². The van der Waals surface area contributed by atoms with Crippen molar-refractivity contribution in [3.63, 3.8) is 0 Å². The van der Waals surface area contributed by atoms with Crippen LogP contribution < -0.4 is 10.2 Å². The van der Waals surface area contributed by atoms with Crippen molar-refractivity contribution >= 4 is 11.9 Å². The molecule has 2 saturated heterocycles. The summed E-state index contributed by atoms with van der Waals surface area (Å²) in [5.41, 5.74) is 1.01. The summed E-state index contributed by atoms with van der Waals surface area (Å²) in [7, 11) is 1.66. The molecule has 3 rings (SSSR count). The van der Waals surface area contributed by atoms with Gasteiger partial charge in [-0.3, -0.25) is 9.69 Å². The lowest BCUT2D eigenvalue weighted by Gasteiger charge is -2.42. The van der Waals surface area contributed by atoms with Gasteiger partial charge in [0.05, 0.1) is 12.5 Å². The number of ether oxygens (including phenoxy) is 1. The molecule has 1 N–H and O–H groups in total. The number of carbonyl (C=O) groups excluding carboxylic acids is 1. The maximum Gasteiger partial charge on any atom is 0.225 e. The SMILES string of the molecule is COCCNC(=O)[C@@H]1CCCN(C2CCN(c3nccc(C)n3)CC2)C1. The van der Waals surface area contributed by atoms with Crippen molar-refractivity contribution < 1.29 is 9.53 Å². The smallest absolute Gasteiger partial charge is 0.225 e. The van der Waals surface area contributed by atoms with Gasteiger partial charge in [0.1, 0.15) is 0 Å². The molecule has 0 aliphatic carbocycles. The van der Waals surface area contributed by atoms with E-state index in [4.69, 9.17) is 4.74 Å². The molecule has 1 atom stereocenters. The molecule has 0 unspecified atom stereocenters. The molecule has 26 heavy (non-hydrogen) atoms. The van der Waals surface area contributed by atoms with E-state index in [-0.39, 0.29) is 11.8 Å². The number of amides is 1. The van der Waals surface area contributed by atoms with Crippen LogP contribution in [-0.2, 0) is 9.53 Å². The lowest BCUT2D eigenvalue weighted by molar-refractivity contribution is -0.127. The van der Waals surface area contributed by atoms with Crippen LogP contribution in [0.25, 0.3) is 0 Å². The van der Waals surface area contributed by atoms with Crippen molar-refractivity contribution in [1.82, 2.24) is 20.2 Å². The highest BCUT2D eigenvalue weighted by Gasteiger charge is 2.31. The summed E-state index contributed by atoms with van der Waals surface area (Å²) in [5.74, 6) is 1.13. The van der Waals surface area contributed by atoms with Gasteiger partial charge in [0.25, 0.3) is 0 Å². The average Bonchev–Trinajstić information content (AvgIpc) is 2.68. The van der Waals surface area contributed by atoms with E-state index in [1.807, 2.05) is 19.2 Å². The number of aromatic nitrogens is 2. The predicted octanol–water partition coefficient (Wildman–Crippen LogP) is 1.23. The van der Waals surface area contributed by atoms with Gasteiger partial charge in [0, 0.05) is 51.2 Å². The summed E-state index contributed by atoms with van der Waals surface area (Å²) in [6.45, 7) is 7.12. The van der Waals surface area contributed by atoms with E-state index in [1.54, 1.807) is 7.11 Å². The Balaban J connectivity index is 1.48. The van der Waals surface area contributed by atoms with Crippen molar-refractivity contribution in [3.05, 3.63) is 18.0 Å². The van der Waals surface area contributed by atoms with Crippen LogP contribution in [-0.4, -0.2) is 73.3 Å². The molecule has 7 nitrogen and oxygen atoms in total. The zero-order valence-corrected chi connectivity index (χ0v) is 16.0. The van der Waals surface area contributed by atoms with Crippen molar-refractivity contribution in [2.75, 3.05) is 51.3 Å². The normalized spacial score (nSPS) is 22.4. The number of nitrogens with one attached hydrogen (secondary N) is 1. The number of anilines is 1. The monoisotopic (exact) mass is 361 g/mol. The summed E-state index contributed by atoms with van der Waals surface area (Å²) in [6.07, 6.45) is 6.14. The fraction of sp³-hybridized carbons (Fsp3) is 0.737. The molecule has 0 bridgehead atoms. The first-order valence-corrected chi connectivity index (χ1v) is 9.72. The van der Waals surface area contributed by atoms with Crippen LogP contribution >= 0.6 is 0 Å². The molecule has 1 aromatic heterocycles. The molecule has 0 spiro atoms. The van der Waals surface area contributed by atoms with E-state index < -0.39 is 0 Å². The van der Waals surface area contributed by atoms with Crippen molar-refractivity contribution in [2.24, 2.45) is 5.92 Å². The minimum atomic E-state index is 0.110. The molecule has 144 valence electrons. The minimum absolute atomic E-state index is 0.110. The van der Waals surface area contributed by atoms with Gasteiger partial charge in [-0.15, -0.1) is 0 Å². The topological polar surface area (TPSA) is 70.6 Å². The van der Waals surface area contributed by atoms with Crippen LogP contribution in [0.15, 0.2) is 12.3 Å². The predicted molar refractivity (Wildman–Crippen MR) is 101 cm³/mol. The Hall–Kier alpha value is -1.73. The number of carbonyl (C=O) groups is 1. The minimum Gasteiger partial charge on any atom is -0.383 e. The highest BCUT2D eigenvalue weighted by atomic mass is 16.5. The largest absolute Gasteiger partial charge is 0.383 e. The second-order valence-corrected chi connectivity index (χ2v) is 7.33. The van der Waals surface area contributed by atoms with E-state index in [9.17, 15) is 4.79 Å². The first-order valence-electron chi connectivity index (χ1n) is 9.72. The van der Waals surface area contributed by atoms with Crippen LogP contribution in [0, 0.1) is 12.8 Å². The molecular weight excluding hydrogens is 330 g/mol. The fourth-order valence-electron chi connectivity index (χ4n) is 3.99. The maximum atomic E-state index is 12.4. The summed E-state index contributed by atoms with van der Waals surface area (Å²) >= 11 is 0. The number of methoxy groups -OCH3 is 1. The number of aryl methyl sites for hydroxylation is 1. The Morgan fingerprint density at radius 3 is 2.85 bits per heavy atom. The zero-order chi connectivity index (χ0) is 18.4. The van der Waals surface area contributed by atoms with Crippen LogP contribution in [0.3, 0.4) is 0 Å². The Bertz CT molecular complexity index is 589. The fourth-order valence-corrected chi connectivity index (χ4v) is 3.99. The average molecular weight is 361 g/mol. The second kappa shape index (κ2) is 9.28. The number of hydrogen-bond acceptors (Lipinski definition) is 6. The van der Waals surface area contributed by atoms with Gasteiger partial charge in [0.15, 0.2) is 0 Å². The third-order valence-electron chi connectivity index (χ3n) is 5.47. The number of hydrogen-bond donors (Lipinski definition) is 1. The van der Waals surface area contributed by atoms with Gasteiger partial charge >= 0.3 is 0 Å². The Morgan fingerprint density at radius 2 is 2.12 bits per heavy atom. The molecule has 0 radical (unpaired) electrons. The van der Waals surface area contributed by atoms with E-state index in [2.05, 4.69) is 25.1 Å². The lowest BCUT2D eigenvalue weighted by atomic mass is 9.93. The van der Waals surface area contributed by atoms with Crippen LogP contribution in [0.4, 0.5) is 5.95 Å². The van der Waals surface area contributed by atoms with Crippen molar-refractivity contribution in [2.45, 2.75) is 38.6 Å². The molecule has 1 amide bonds. The van der Waals surface area contributed by atoms with Gasteiger partial charge in [0.2, 0.25) is 11.9 Å². The summed E-state index contributed by atoms with van der Waals surface area (Å²) in [4.78, 5) is 26.1. The van der Waals surface area contributed by atoms with Crippen LogP contribution in [0.2, 0.25) is 0 Å². The third-order valence-corrected chi connectivity index (χ3v) is 5.47. The number of rotatable bonds is 6. The molecule has 2 fully saturated rings. The molecular formula is C19H31N5O2. The van der Waals surface area contributed by atoms with Gasteiger partial charge in [-0.05, 0) is 45.2 Å². The van der Waals surface area contributed by atoms with E-state index in [0.29, 0.717) is 19.2 Å². The summed E-state index contributed by atoms with van der Waals surface area (Å²) < 4.78 is 5.01. The highest BCUT2D eigenvalue weighted by molar-refractivity contribution is 5.78. The summed E-state index contributed by atoms with van der Waals surface area (Å²) in [5, 5.41) is 3.00. The van der Waals surface area contributed by atoms with Gasteiger partial charge in [-0.25, -0.2) is 9.97 Å². The first-order chi connectivity index (χ1) is 12.7. The third kappa shape index (κ3) is 4.92. The van der Waals surface area contributed by atoms with Gasteiger partial charge < -0.3 is 15.0 Å². The molecule has 2 aliphatic heterocycles. The van der Waals surface area contributed by atoms with Crippen molar-refractivity contribution in [1.29, 1.82) is 0 Å². The highest BCUT2D eigenvalue weighted by Crippen LogP contribution is 2.25. The Kier molecular flexibility index (Phi) is 6.80. The lowest BCUT2D eigenvalue weighted by Crippen LogP contribution is -2.51. The first kappa shape index (κ1) is 19.0. The van der Waals surface area contributed by atoms with Crippen LogP contribution in [0.1, 0.15) is 31.4 Å². The van der Waals surface area contributed by atoms with E-state index >= 15 is 0 Å². The number of piperidine rings is 2. The zero-order valence-electron chi connectivity index (χ0n) is 16.0. The summed E-state index contributed by atoms with van der Waals surface area (Å²) in [6, 6.07) is 2.49. The number of likely N-dealkylation sites (tertiary alicyclic amines) is 1. The molecule has 0 saturated carbocycles. The standard InChI is InChI=1S/C19H31N5O2/c1-15-5-8-21-19(22-15)23-11-6-17(7-12-23)24-10-3-4-16(14-24)18(25)20-9-13-26-2/h5,8,16-17H,3-4,6-7,9-14H2,1-2H3,(H,20,25)/t16-/m1/s1.